The normalized spacial score (nSPS) is 12.1. The largest absolute Gasteiger partial charge is 0.338 e. The minimum Gasteiger partial charge on any atom is -0.338 e. The maximum Gasteiger partial charge on any atom is 0.244 e. The molecule has 1 heterocycles. The highest BCUT2D eigenvalue weighted by Gasteiger charge is 2.31. The lowest BCUT2D eigenvalue weighted by Crippen LogP contribution is -2.37. The van der Waals surface area contributed by atoms with Gasteiger partial charge in [0.05, 0.1) is 11.4 Å². The first-order valence-electron chi connectivity index (χ1n) is 9.28. The number of nitrogens with zero attached hydrogens (tertiary/aromatic N) is 3. The second-order valence-corrected chi connectivity index (χ2v) is 9.65. The fraction of sp³-hybridized carbons (Fsp3) is 0.333. The molecule has 0 fully saturated rings. The van der Waals surface area contributed by atoms with E-state index in [2.05, 4.69) is 10.1 Å². The average Bonchev–Trinajstić information content (AvgIpc) is 3.07. The third-order valence-electron chi connectivity index (χ3n) is 4.61. The molecule has 0 spiro atoms. The zero-order chi connectivity index (χ0) is 21.3. The Hall–Kier alpha value is -2.22. The molecule has 0 unspecified atom stereocenters. The van der Waals surface area contributed by atoms with Gasteiger partial charge in [0.15, 0.2) is 0 Å². The number of aromatic nitrogens is 2. The summed E-state index contributed by atoms with van der Waals surface area (Å²) < 4.78 is 33.7. The Kier molecular flexibility index (Phi) is 6.12. The van der Waals surface area contributed by atoms with Gasteiger partial charge in [-0.1, -0.05) is 34.5 Å². The molecule has 0 bridgehead atoms. The lowest BCUT2D eigenvalue weighted by Gasteiger charge is -2.26. The van der Waals surface area contributed by atoms with Crippen LogP contribution in [0, 0.1) is 20.8 Å². The number of sulfonamides is 1. The van der Waals surface area contributed by atoms with Crippen LogP contribution >= 0.6 is 11.6 Å². The van der Waals surface area contributed by atoms with Gasteiger partial charge in [-0.05, 0) is 70.0 Å². The van der Waals surface area contributed by atoms with Crippen LogP contribution in [0.2, 0.25) is 5.02 Å². The van der Waals surface area contributed by atoms with Crippen molar-refractivity contribution in [2.75, 3.05) is 0 Å². The molecule has 3 rings (SSSR count). The number of hydrogen-bond donors (Lipinski definition) is 0. The average molecular weight is 434 g/mol. The molecule has 0 saturated heterocycles. The van der Waals surface area contributed by atoms with Gasteiger partial charge < -0.3 is 4.52 Å². The van der Waals surface area contributed by atoms with Gasteiger partial charge in [-0.2, -0.15) is 9.29 Å². The van der Waals surface area contributed by atoms with Gasteiger partial charge >= 0.3 is 0 Å². The standard InChI is InChI=1S/C21H24ClN3O3S/c1-13(2)25(29(26,27)20-15(4)10-14(3)11-16(20)5)12-19-23-21(24-28-19)17-6-8-18(22)9-7-17/h6-11,13H,12H2,1-5H3. The second-order valence-electron chi connectivity index (χ2n) is 7.39. The third kappa shape index (κ3) is 4.52. The fourth-order valence-corrected chi connectivity index (χ4v) is 5.53. The van der Waals surface area contributed by atoms with Crippen LogP contribution in [0.4, 0.5) is 0 Å². The third-order valence-corrected chi connectivity index (χ3v) is 7.19. The van der Waals surface area contributed by atoms with Crippen LogP contribution in [-0.2, 0) is 16.6 Å². The van der Waals surface area contributed by atoms with E-state index in [1.165, 1.54) is 4.31 Å². The van der Waals surface area contributed by atoms with Crippen LogP contribution in [-0.4, -0.2) is 28.9 Å². The molecular weight excluding hydrogens is 410 g/mol. The van der Waals surface area contributed by atoms with Crippen LogP contribution in [0.3, 0.4) is 0 Å². The van der Waals surface area contributed by atoms with Crippen LogP contribution in [0.25, 0.3) is 11.4 Å². The first kappa shape index (κ1) is 21.5. The number of benzene rings is 2. The highest BCUT2D eigenvalue weighted by molar-refractivity contribution is 7.89. The molecule has 0 saturated carbocycles. The summed E-state index contributed by atoms with van der Waals surface area (Å²) in [7, 11) is -3.75. The maximum atomic E-state index is 13.5. The molecule has 29 heavy (non-hydrogen) atoms. The predicted molar refractivity (Wildman–Crippen MR) is 113 cm³/mol. The topological polar surface area (TPSA) is 76.3 Å². The van der Waals surface area contributed by atoms with E-state index in [-0.39, 0.29) is 18.5 Å². The molecule has 0 aliphatic rings. The summed E-state index contributed by atoms with van der Waals surface area (Å²) in [5.74, 6) is 0.620. The van der Waals surface area contributed by atoms with Crippen molar-refractivity contribution in [3.63, 3.8) is 0 Å². The lowest BCUT2D eigenvalue weighted by molar-refractivity contribution is 0.286. The highest BCUT2D eigenvalue weighted by atomic mass is 35.5. The SMILES string of the molecule is Cc1cc(C)c(S(=O)(=O)N(Cc2nc(-c3ccc(Cl)cc3)no2)C(C)C)c(C)c1. The van der Waals surface area contributed by atoms with Crippen molar-refractivity contribution in [1.82, 2.24) is 14.4 Å². The summed E-state index contributed by atoms with van der Waals surface area (Å²) in [6.45, 7) is 9.23. The first-order chi connectivity index (χ1) is 13.6. The van der Waals surface area contributed by atoms with Crippen molar-refractivity contribution < 1.29 is 12.9 Å². The molecule has 6 nitrogen and oxygen atoms in total. The molecule has 2 aromatic carbocycles. The molecule has 0 atom stereocenters. The zero-order valence-corrected chi connectivity index (χ0v) is 18.7. The summed E-state index contributed by atoms with van der Waals surface area (Å²) in [5, 5.41) is 4.59. The van der Waals surface area contributed by atoms with Gasteiger partial charge in [0.1, 0.15) is 0 Å². The van der Waals surface area contributed by atoms with Gasteiger partial charge in [-0.15, -0.1) is 0 Å². The quantitative estimate of drug-likeness (QED) is 0.551. The molecule has 154 valence electrons. The van der Waals surface area contributed by atoms with Crippen LogP contribution in [0.5, 0.6) is 0 Å². The lowest BCUT2D eigenvalue weighted by atomic mass is 10.1. The van der Waals surface area contributed by atoms with Crippen molar-refractivity contribution in [1.29, 1.82) is 0 Å². The molecule has 8 heteroatoms. The fourth-order valence-electron chi connectivity index (χ4n) is 3.40. The van der Waals surface area contributed by atoms with Crippen molar-refractivity contribution in [2.45, 2.75) is 52.1 Å². The van der Waals surface area contributed by atoms with Gasteiger partial charge in [-0.25, -0.2) is 8.42 Å². The molecule has 0 aliphatic heterocycles. The Morgan fingerprint density at radius 2 is 1.66 bits per heavy atom. The Morgan fingerprint density at radius 1 is 1.07 bits per heavy atom. The Bertz CT molecular complexity index is 1100. The molecule has 1 aromatic heterocycles. The maximum absolute atomic E-state index is 13.5. The Labute approximate surface area is 176 Å². The van der Waals surface area contributed by atoms with E-state index in [0.717, 1.165) is 22.3 Å². The first-order valence-corrected chi connectivity index (χ1v) is 11.1. The van der Waals surface area contributed by atoms with Gasteiger partial charge in [0.2, 0.25) is 21.7 Å². The van der Waals surface area contributed by atoms with E-state index in [1.54, 1.807) is 24.3 Å². The molecular formula is C21H24ClN3O3S. The monoisotopic (exact) mass is 433 g/mol. The van der Waals surface area contributed by atoms with E-state index in [1.807, 2.05) is 46.8 Å². The molecule has 0 amide bonds. The molecule has 0 radical (unpaired) electrons. The Balaban J connectivity index is 1.94. The van der Waals surface area contributed by atoms with E-state index >= 15 is 0 Å². The van der Waals surface area contributed by atoms with E-state index in [4.69, 9.17) is 16.1 Å². The highest BCUT2D eigenvalue weighted by Crippen LogP contribution is 2.28. The molecule has 3 aromatic rings. The van der Waals surface area contributed by atoms with E-state index in [9.17, 15) is 8.42 Å². The smallest absolute Gasteiger partial charge is 0.244 e. The summed E-state index contributed by atoms with van der Waals surface area (Å²) in [4.78, 5) is 4.70. The summed E-state index contributed by atoms with van der Waals surface area (Å²) in [5.41, 5.74) is 3.22. The number of aryl methyl sites for hydroxylation is 3. The van der Waals surface area contributed by atoms with Gasteiger partial charge in [0, 0.05) is 16.6 Å². The van der Waals surface area contributed by atoms with Gasteiger partial charge in [0.25, 0.3) is 0 Å². The van der Waals surface area contributed by atoms with E-state index < -0.39 is 10.0 Å². The number of halogens is 1. The number of rotatable bonds is 6. The number of hydrogen-bond acceptors (Lipinski definition) is 5. The molecule has 0 N–H and O–H groups in total. The van der Waals surface area contributed by atoms with Crippen LogP contribution in [0.1, 0.15) is 36.4 Å². The van der Waals surface area contributed by atoms with Crippen molar-refractivity contribution in [3.05, 3.63) is 64.0 Å². The minimum atomic E-state index is -3.75. The minimum absolute atomic E-state index is 0.00660. The summed E-state index contributed by atoms with van der Waals surface area (Å²) in [6.07, 6.45) is 0. The van der Waals surface area contributed by atoms with Crippen LogP contribution < -0.4 is 0 Å². The van der Waals surface area contributed by atoms with E-state index in [0.29, 0.717) is 15.7 Å². The molecule has 0 aliphatic carbocycles. The second kappa shape index (κ2) is 8.26. The van der Waals surface area contributed by atoms with Crippen molar-refractivity contribution in [3.8, 4) is 11.4 Å². The zero-order valence-electron chi connectivity index (χ0n) is 17.1. The Morgan fingerprint density at radius 3 is 2.21 bits per heavy atom. The summed E-state index contributed by atoms with van der Waals surface area (Å²) >= 11 is 5.91. The van der Waals surface area contributed by atoms with Crippen molar-refractivity contribution in [2.24, 2.45) is 0 Å². The van der Waals surface area contributed by atoms with Crippen molar-refractivity contribution >= 4 is 21.6 Å². The van der Waals surface area contributed by atoms with Crippen LogP contribution in [0.15, 0.2) is 45.8 Å². The predicted octanol–water partition coefficient (Wildman–Crippen LogP) is 4.91. The van der Waals surface area contributed by atoms with Gasteiger partial charge in [-0.3, -0.25) is 0 Å². The summed E-state index contributed by atoms with van der Waals surface area (Å²) in [6, 6.07) is 10.5.